The standard InChI is InChI=1S/C22H25N3O4/c1-13-9-17-18(10-22(3,4)11-19(17)28-13)24-21(26)15-5-7-16(8-6-15)27-12-20-23-14(2)29-25-20/h5-9,18H,10-12H2,1-4H3,(H,24,26). The van der Waals surface area contributed by atoms with Crippen LogP contribution in [0.5, 0.6) is 5.75 Å². The van der Waals surface area contributed by atoms with Crippen LogP contribution < -0.4 is 10.1 Å². The lowest BCUT2D eigenvalue weighted by Crippen LogP contribution is -2.36. The summed E-state index contributed by atoms with van der Waals surface area (Å²) in [5.41, 5.74) is 1.74. The van der Waals surface area contributed by atoms with Crippen LogP contribution in [0.15, 0.2) is 39.3 Å². The maximum absolute atomic E-state index is 12.8. The van der Waals surface area contributed by atoms with Gasteiger partial charge < -0.3 is 19.0 Å². The third kappa shape index (κ3) is 4.34. The molecule has 0 saturated carbocycles. The number of aryl methyl sites for hydroxylation is 2. The van der Waals surface area contributed by atoms with Gasteiger partial charge in [-0.25, -0.2) is 0 Å². The number of carbonyl (C=O) groups is 1. The van der Waals surface area contributed by atoms with E-state index in [1.54, 1.807) is 31.2 Å². The van der Waals surface area contributed by atoms with Crippen molar-refractivity contribution in [1.82, 2.24) is 15.5 Å². The van der Waals surface area contributed by atoms with Crippen LogP contribution in [0.1, 0.15) is 65.5 Å². The van der Waals surface area contributed by atoms with Gasteiger partial charge in [0, 0.05) is 24.5 Å². The number of furan rings is 1. The summed E-state index contributed by atoms with van der Waals surface area (Å²) in [5.74, 6) is 3.36. The Morgan fingerprint density at radius 2 is 2.03 bits per heavy atom. The van der Waals surface area contributed by atoms with Crippen molar-refractivity contribution in [1.29, 1.82) is 0 Å². The van der Waals surface area contributed by atoms with Gasteiger partial charge in [-0.05, 0) is 49.1 Å². The number of ether oxygens (including phenoxy) is 1. The highest BCUT2D eigenvalue weighted by Gasteiger charge is 2.35. The van der Waals surface area contributed by atoms with Crippen molar-refractivity contribution < 1.29 is 18.5 Å². The highest BCUT2D eigenvalue weighted by Crippen LogP contribution is 2.42. The molecule has 7 nitrogen and oxygen atoms in total. The Hall–Kier alpha value is -3.09. The summed E-state index contributed by atoms with van der Waals surface area (Å²) in [7, 11) is 0. The number of benzene rings is 1. The normalized spacial score (nSPS) is 17.6. The van der Waals surface area contributed by atoms with Gasteiger partial charge in [-0.3, -0.25) is 4.79 Å². The molecule has 1 amide bonds. The number of carbonyl (C=O) groups excluding carboxylic acids is 1. The lowest BCUT2D eigenvalue weighted by atomic mass is 9.74. The largest absolute Gasteiger partial charge is 0.485 e. The smallest absolute Gasteiger partial charge is 0.251 e. The number of nitrogens with zero attached hydrogens (tertiary/aromatic N) is 2. The SMILES string of the molecule is Cc1cc2c(o1)CC(C)(C)CC2NC(=O)c1ccc(OCc2noc(C)n2)cc1. The minimum Gasteiger partial charge on any atom is -0.485 e. The van der Waals surface area contributed by atoms with E-state index in [4.69, 9.17) is 13.7 Å². The number of fused-ring (bicyclic) bond motifs is 1. The van der Waals surface area contributed by atoms with Gasteiger partial charge in [0.2, 0.25) is 11.7 Å². The molecule has 29 heavy (non-hydrogen) atoms. The predicted molar refractivity (Wildman–Crippen MR) is 106 cm³/mol. The predicted octanol–water partition coefficient (Wildman–Crippen LogP) is 4.30. The molecule has 2 aromatic heterocycles. The van der Waals surface area contributed by atoms with E-state index in [1.807, 2.05) is 13.0 Å². The van der Waals surface area contributed by atoms with E-state index >= 15 is 0 Å². The second-order valence-corrected chi connectivity index (χ2v) is 8.35. The van der Waals surface area contributed by atoms with E-state index in [2.05, 4.69) is 29.3 Å². The fraction of sp³-hybridized carbons (Fsp3) is 0.409. The number of amides is 1. The minimum atomic E-state index is -0.113. The lowest BCUT2D eigenvalue weighted by Gasteiger charge is -2.34. The van der Waals surface area contributed by atoms with E-state index < -0.39 is 0 Å². The van der Waals surface area contributed by atoms with Crippen LogP contribution in [0.2, 0.25) is 0 Å². The summed E-state index contributed by atoms with van der Waals surface area (Å²) in [5, 5.41) is 6.96. The third-order valence-electron chi connectivity index (χ3n) is 5.10. The fourth-order valence-corrected chi connectivity index (χ4v) is 3.81. The molecule has 0 aliphatic heterocycles. The van der Waals surface area contributed by atoms with Crippen LogP contribution in [-0.4, -0.2) is 16.0 Å². The molecule has 0 fully saturated rings. The number of aromatic nitrogens is 2. The Morgan fingerprint density at radius 1 is 1.28 bits per heavy atom. The summed E-state index contributed by atoms with van der Waals surface area (Å²) in [6, 6.07) is 9.01. The number of hydrogen-bond donors (Lipinski definition) is 1. The molecule has 2 heterocycles. The zero-order chi connectivity index (χ0) is 20.6. The van der Waals surface area contributed by atoms with Crippen molar-refractivity contribution in [3.63, 3.8) is 0 Å². The van der Waals surface area contributed by atoms with Crippen molar-refractivity contribution in [2.75, 3.05) is 0 Å². The Bertz CT molecular complexity index is 1020. The van der Waals surface area contributed by atoms with Crippen LogP contribution in [0.4, 0.5) is 0 Å². The second-order valence-electron chi connectivity index (χ2n) is 8.35. The number of rotatable bonds is 5. The molecule has 1 unspecified atom stereocenters. The molecule has 1 aliphatic carbocycles. The van der Waals surface area contributed by atoms with Crippen LogP contribution in [0.3, 0.4) is 0 Å². The van der Waals surface area contributed by atoms with Gasteiger partial charge in [-0.1, -0.05) is 19.0 Å². The molecule has 1 atom stereocenters. The highest BCUT2D eigenvalue weighted by atomic mass is 16.5. The van der Waals surface area contributed by atoms with Crippen LogP contribution in [0, 0.1) is 19.3 Å². The first-order valence-electron chi connectivity index (χ1n) is 9.71. The molecule has 1 aromatic carbocycles. The maximum atomic E-state index is 12.8. The molecule has 0 radical (unpaired) electrons. The van der Waals surface area contributed by atoms with Crippen molar-refractivity contribution in [3.05, 3.63) is 64.7 Å². The van der Waals surface area contributed by atoms with Crippen molar-refractivity contribution in [2.45, 2.75) is 53.2 Å². The van der Waals surface area contributed by atoms with E-state index in [-0.39, 0.29) is 24.0 Å². The van der Waals surface area contributed by atoms with Gasteiger partial charge in [0.05, 0.1) is 6.04 Å². The van der Waals surface area contributed by atoms with E-state index in [0.717, 1.165) is 29.9 Å². The first-order chi connectivity index (χ1) is 13.8. The Labute approximate surface area is 169 Å². The van der Waals surface area contributed by atoms with Gasteiger partial charge in [0.25, 0.3) is 5.91 Å². The molecule has 1 N–H and O–H groups in total. The summed E-state index contributed by atoms with van der Waals surface area (Å²) < 4.78 is 16.4. The van der Waals surface area contributed by atoms with E-state index in [9.17, 15) is 4.79 Å². The van der Waals surface area contributed by atoms with E-state index in [1.165, 1.54) is 0 Å². The average molecular weight is 395 g/mol. The van der Waals surface area contributed by atoms with Crippen molar-refractivity contribution >= 4 is 5.91 Å². The van der Waals surface area contributed by atoms with Crippen LogP contribution in [0.25, 0.3) is 0 Å². The molecule has 4 rings (SSSR count). The summed E-state index contributed by atoms with van der Waals surface area (Å²) in [6.07, 6.45) is 1.75. The second kappa shape index (κ2) is 7.39. The Kier molecular flexibility index (Phi) is 4.90. The van der Waals surface area contributed by atoms with Gasteiger partial charge in [-0.2, -0.15) is 4.98 Å². The molecule has 0 saturated heterocycles. The quantitative estimate of drug-likeness (QED) is 0.693. The number of nitrogens with one attached hydrogen (secondary N) is 1. The molecule has 7 heteroatoms. The molecular formula is C22H25N3O4. The van der Waals surface area contributed by atoms with Gasteiger partial charge in [0.1, 0.15) is 17.3 Å². The first-order valence-corrected chi connectivity index (χ1v) is 9.71. The van der Waals surface area contributed by atoms with Crippen LogP contribution in [-0.2, 0) is 13.0 Å². The zero-order valence-corrected chi connectivity index (χ0v) is 17.1. The molecule has 3 aromatic rings. The van der Waals surface area contributed by atoms with Crippen molar-refractivity contribution in [2.24, 2.45) is 5.41 Å². The third-order valence-corrected chi connectivity index (χ3v) is 5.10. The van der Waals surface area contributed by atoms with Gasteiger partial charge in [0.15, 0.2) is 6.61 Å². The zero-order valence-electron chi connectivity index (χ0n) is 17.1. The molecular weight excluding hydrogens is 370 g/mol. The van der Waals surface area contributed by atoms with Crippen molar-refractivity contribution in [3.8, 4) is 5.75 Å². The van der Waals surface area contributed by atoms with Gasteiger partial charge in [-0.15, -0.1) is 0 Å². The summed E-state index contributed by atoms with van der Waals surface area (Å²) >= 11 is 0. The fourth-order valence-electron chi connectivity index (χ4n) is 3.81. The monoisotopic (exact) mass is 395 g/mol. The number of hydrogen-bond acceptors (Lipinski definition) is 6. The minimum absolute atomic E-state index is 0.0592. The molecule has 0 spiro atoms. The first kappa shape index (κ1) is 19.2. The van der Waals surface area contributed by atoms with Crippen LogP contribution >= 0.6 is 0 Å². The Balaban J connectivity index is 1.42. The molecule has 0 bridgehead atoms. The molecule has 1 aliphatic rings. The molecule has 152 valence electrons. The topological polar surface area (TPSA) is 90.4 Å². The maximum Gasteiger partial charge on any atom is 0.251 e. The summed E-state index contributed by atoms with van der Waals surface area (Å²) in [6.45, 7) is 8.28. The highest BCUT2D eigenvalue weighted by molar-refractivity contribution is 5.94. The van der Waals surface area contributed by atoms with Gasteiger partial charge >= 0.3 is 0 Å². The van der Waals surface area contributed by atoms with E-state index in [0.29, 0.717) is 23.0 Å². The Morgan fingerprint density at radius 3 is 2.72 bits per heavy atom. The average Bonchev–Trinajstić information content (AvgIpc) is 3.24. The summed E-state index contributed by atoms with van der Waals surface area (Å²) in [4.78, 5) is 16.9. The lowest BCUT2D eigenvalue weighted by molar-refractivity contribution is 0.0917.